The van der Waals surface area contributed by atoms with Crippen LogP contribution in [-0.4, -0.2) is 67.5 Å². The van der Waals surface area contributed by atoms with Crippen LogP contribution in [0.3, 0.4) is 0 Å². The molecule has 38 heavy (non-hydrogen) atoms. The molecule has 3 heterocycles. The van der Waals surface area contributed by atoms with Crippen LogP contribution in [0.4, 0.5) is 5.82 Å². The smallest absolute Gasteiger partial charge is 0.148 e. The molecule has 218 valence electrons. The van der Waals surface area contributed by atoms with Gasteiger partial charge in [-0.05, 0) is 61.6 Å². The van der Waals surface area contributed by atoms with E-state index in [4.69, 9.17) is 0 Å². The number of nitrogens with one attached hydrogen (secondary N) is 5. The van der Waals surface area contributed by atoms with Gasteiger partial charge in [-0.1, -0.05) is 30.3 Å². The lowest BCUT2D eigenvalue weighted by Crippen LogP contribution is -2.36. The van der Waals surface area contributed by atoms with Crippen LogP contribution >= 0.6 is 73.4 Å². The number of rotatable bonds is 6. The summed E-state index contributed by atoms with van der Waals surface area (Å²) in [6, 6.07) is 15.2. The van der Waals surface area contributed by atoms with Gasteiger partial charge < -0.3 is 21.3 Å². The lowest BCUT2D eigenvalue weighted by molar-refractivity contribution is 0.260. The first kappa shape index (κ1) is 39.4. The van der Waals surface area contributed by atoms with Crippen LogP contribution in [-0.2, 0) is 13.1 Å². The molecule has 1 fully saturated rings. The molecule has 0 bridgehead atoms. The summed E-state index contributed by atoms with van der Waals surface area (Å²) in [7, 11) is 0. The summed E-state index contributed by atoms with van der Waals surface area (Å²) >= 11 is 1.72. The van der Waals surface area contributed by atoms with E-state index in [-0.39, 0.29) is 62.0 Å². The second kappa shape index (κ2) is 23.0. The summed E-state index contributed by atoms with van der Waals surface area (Å²) in [5.74, 6) is 0.882. The highest BCUT2D eigenvalue weighted by Crippen LogP contribution is 2.24. The second-order valence-electron chi connectivity index (χ2n) is 8.55. The number of hydrogen-bond donors (Lipinski definition) is 5. The molecule has 5 N–H and O–H groups in total. The number of halogens is 5. The normalized spacial score (nSPS) is 15.2. The highest BCUT2D eigenvalue weighted by atomic mass is 35.5. The van der Waals surface area contributed by atoms with Crippen molar-refractivity contribution in [1.29, 1.82) is 0 Å². The molecule has 13 heteroatoms. The minimum Gasteiger partial charge on any atom is -0.365 e. The van der Waals surface area contributed by atoms with E-state index in [1.807, 2.05) is 0 Å². The molecular weight excluding hydrogens is 608 g/mol. The van der Waals surface area contributed by atoms with E-state index < -0.39 is 0 Å². The van der Waals surface area contributed by atoms with Crippen LogP contribution in [0.1, 0.15) is 24.0 Å². The van der Waals surface area contributed by atoms with Crippen molar-refractivity contribution in [3.05, 3.63) is 59.0 Å². The molecule has 0 aliphatic carbocycles. The second-order valence-corrected chi connectivity index (χ2v) is 9.50. The largest absolute Gasteiger partial charge is 0.365 e. The van der Waals surface area contributed by atoms with E-state index in [1.54, 1.807) is 11.3 Å². The van der Waals surface area contributed by atoms with Gasteiger partial charge in [0, 0.05) is 45.3 Å². The Bertz CT molecular complexity index is 932. The summed E-state index contributed by atoms with van der Waals surface area (Å²) in [6.07, 6.45) is 2.35. The Balaban J connectivity index is 0. The van der Waals surface area contributed by atoms with Gasteiger partial charge in [-0.25, -0.2) is 0 Å². The van der Waals surface area contributed by atoms with Gasteiger partial charge in [-0.15, -0.1) is 73.4 Å². The topological polar surface area (TPSA) is 80.0 Å². The predicted molar refractivity (Wildman–Crippen MR) is 175 cm³/mol. The van der Waals surface area contributed by atoms with Crippen LogP contribution in [0.2, 0.25) is 0 Å². The zero-order valence-corrected chi connectivity index (χ0v) is 26.3. The number of aromatic amines is 1. The van der Waals surface area contributed by atoms with Crippen molar-refractivity contribution < 1.29 is 0 Å². The maximum absolute atomic E-state index is 4.41. The predicted octanol–water partition coefficient (Wildman–Crippen LogP) is 5.22. The molecule has 0 atom stereocenters. The first-order chi connectivity index (χ1) is 16.4. The van der Waals surface area contributed by atoms with E-state index in [2.05, 4.69) is 84.2 Å². The Labute approximate surface area is 262 Å². The zero-order chi connectivity index (χ0) is 22.6. The van der Waals surface area contributed by atoms with Crippen LogP contribution in [0, 0.1) is 0 Å². The van der Waals surface area contributed by atoms with Gasteiger partial charge in [-0.2, -0.15) is 5.10 Å². The summed E-state index contributed by atoms with van der Waals surface area (Å²) in [6.45, 7) is 10.3. The highest BCUT2D eigenvalue weighted by molar-refractivity contribution is 7.13. The number of aromatic nitrogens is 2. The van der Waals surface area contributed by atoms with Crippen molar-refractivity contribution in [2.24, 2.45) is 0 Å². The van der Waals surface area contributed by atoms with Crippen LogP contribution in [0.25, 0.3) is 10.6 Å². The average Bonchev–Trinajstić information content (AvgIpc) is 3.52. The lowest BCUT2D eigenvalue weighted by atomic mass is 10.1. The van der Waals surface area contributed by atoms with Gasteiger partial charge in [0.2, 0.25) is 0 Å². The molecule has 0 radical (unpaired) electrons. The van der Waals surface area contributed by atoms with Crippen molar-refractivity contribution in [3.63, 3.8) is 0 Å². The maximum atomic E-state index is 4.41. The number of H-pyrrole nitrogens is 1. The number of benzene rings is 1. The molecule has 3 aromatic rings. The summed E-state index contributed by atoms with van der Waals surface area (Å²) < 4.78 is 0. The SMILES string of the molecule is Cl.Cl.Cl.Cl.Cl.c1cc(CNc2cc(-c3cccs3)[nH]n2)cc(CN2CCCNCCNCCCNCC2)c1. The van der Waals surface area contributed by atoms with E-state index >= 15 is 0 Å². The number of hydrogen-bond acceptors (Lipinski definition) is 7. The summed E-state index contributed by atoms with van der Waals surface area (Å²) in [4.78, 5) is 3.78. The first-order valence-corrected chi connectivity index (χ1v) is 13.0. The Hall–Kier alpha value is -0.780. The van der Waals surface area contributed by atoms with E-state index in [1.165, 1.54) is 28.8 Å². The average molecular weight is 650 g/mol. The molecular formula is C25H42Cl5N7S. The fourth-order valence-electron chi connectivity index (χ4n) is 4.08. The number of thiophene rings is 1. The molecule has 1 aromatic carbocycles. The Morgan fingerprint density at radius 1 is 0.763 bits per heavy atom. The minimum absolute atomic E-state index is 0. The van der Waals surface area contributed by atoms with Crippen molar-refractivity contribution in [3.8, 4) is 10.6 Å². The quantitative estimate of drug-likeness (QED) is 0.252. The van der Waals surface area contributed by atoms with Crippen LogP contribution in [0.15, 0.2) is 47.8 Å². The minimum atomic E-state index is 0. The van der Waals surface area contributed by atoms with Crippen molar-refractivity contribution in [2.45, 2.75) is 25.9 Å². The van der Waals surface area contributed by atoms with Crippen molar-refractivity contribution >= 4 is 79.2 Å². The van der Waals surface area contributed by atoms with Gasteiger partial charge in [0.15, 0.2) is 0 Å². The summed E-state index contributed by atoms with van der Waals surface area (Å²) in [5, 5.41) is 23.7. The highest BCUT2D eigenvalue weighted by Gasteiger charge is 2.08. The molecule has 0 spiro atoms. The van der Waals surface area contributed by atoms with Crippen molar-refractivity contribution in [1.82, 2.24) is 31.0 Å². The van der Waals surface area contributed by atoms with E-state index in [9.17, 15) is 0 Å². The number of anilines is 1. The Morgan fingerprint density at radius 2 is 1.47 bits per heavy atom. The lowest BCUT2D eigenvalue weighted by Gasteiger charge is -2.23. The Kier molecular flexibility index (Phi) is 23.8. The monoisotopic (exact) mass is 647 g/mol. The van der Waals surface area contributed by atoms with Gasteiger partial charge >= 0.3 is 0 Å². The molecule has 0 amide bonds. The fraction of sp³-hybridized carbons (Fsp3) is 0.480. The molecule has 1 saturated heterocycles. The third kappa shape index (κ3) is 14.0. The van der Waals surface area contributed by atoms with Crippen molar-refractivity contribution in [2.75, 3.05) is 57.7 Å². The molecule has 7 nitrogen and oxygen atoms in total. The standard InChI is InChI=1S/C25H37N7S.5ClH/c1-5-21(19-29-25-18-23(30-31-25)24-7-2-16-33-24)17-22(6-1)20-32-14-4-10-27-12-11-26-8-3-9-28-13-15-32;;;;;/h1-2,5-7,16-18,26-28H,3-4,8-15,19-20H2,(H2,29,30,31);5*1H. The van der Waals surface area contributed by atoms with Gasteiger partial charge in [0.1, 0.15) is 5.82 Å². The molecule has 1 aliphatic heterocycles. The molecule has 0 unspecified atom stereocenters. The molecule has 2 aromatic heterocycles. The van der Waals surface area contributed by atoms with Gasteiger partial charge in [-0.3, -0.25) is 10.00 Å². The number of nitrogens with zero attached hydrogens (tertiary/aromatic N) is 2. The first-order valence-electron chi connectivity index (χ1n) is 12.1. The molecule has 4 rings (SSSR count). The molecule has 0 saturated carbocycles. The Morgan fingerprint density at radius 3 is 2.21 bits per heavy atom. The maximum Gasteiger partial charge on any atom is 0.148 e. The van der Waals surface area contributed by atoms with Gasteiger partial charge in [0.25, 0.3) is 0 Å². The van der Waals surface area contributed by atoms with Crippen LogP contribution in [0.5, 0.6) is 0 Å². The third-order valence-corrected chi connectivity index (χ3v) is 6.76. The fourth-order valence-corrected chi connectivity index (χ4v) is 4.78. The molecule has 1 aliphatic rings. The zero-order valence-electron chi connectivity index (χ0n) is 21.4. The third-order valence-electron chi connectivity index (χ3n) is 5.85. The van der Waals surface area contributed by atoms with Crippen LogP contribution < -0.4 is 21.3 Å². The van der Waals surface area contributed by atoms with E-state index in [0.717, 1.165) is 77.0 Å². The summed E-state index contributed by atoms with van der Waals surface area (Å²) in [5.41, 5.74) is 3.71. The van der Waals surface area contributed by atoms with Gasteiger partial charge in [0.05, 0.1) is 10.6 Å². The van der Waals surface area contributed by atoms with E-state index in [0.29, 0.717) is 0 Å².